The molecule has 0 bridgehead atoms. The monoisotopic (exact) mass is 450 g/mol. The number of benzene rings is 2. The van der Waals surface area contributed by atoms with E-state index in [1.165, 1.54) is 0 Å². The molecule has 8 nitrogen and oxygen atoms in total. The maximum atomic E-state index is 12.7. The number of morpholine rings is 1. The average molecular weight is 451 g/mol. The van der Waals surface area contributed by atoms with E-state index in [0.29, 0.717) is 38.3 Å². The summed E-state index contributed by atoms with van der Waals surface area (Å²) in [6.45, 7) is 4.14. The van der Waals surface area contributed by atoms with Crippen molar-refractivity contribution in [1.82, 2.24) is 10.2 Å². The van der Waals surface area contributed by atoms with E-state index in [1.807, 2.05) is 18.2 Å². The molecule has 174 valence electrons. The quantitative estimate of drug-likeness (QED) is 0.698. The molecule has 3 amide bonds. The zero-order valence-electron chi connectivity index (χ0n) is 19.0. The summed E-state index contributed by atoms with van der Waals surface area (Å²) in [5.41, 5.74) is 3.43. The molecule has 0 saturated carbocycles. The molecule has 2 fully saturated rings. The van der Waals surface area contributed by atoms with Crippen molar-refractivity contribution < 1.29 is 19.1 Å². The average Bonchev–Trinajstić information content (AvgIpc) is 3.29. The molecular weight excluding hydrogens is 420 g/mol. The van der Waals surface area contributed by atoms with Gasteiger partial charge in [-0.25, -0.2) is 0 Å². The molecule has 2 aliphatic heterocycles. The van der Waals surface area contributed by atoms with E-state index >= 15 is 0 Å². The van der Waals surface area contributed by atoms with Crippen molar-refractivity contribution in [2.75, 3.05) is 56.2 Å². The summed E-state index contributed by atoms with van der Waals surface area (Å²) in [7, 11) is 1.74. The molecule has 1 N–H and O–H groups in total. The van der Waals surface area contributed by atoms with Crippen LogP contribution in [0.5, 0.6) is 0 Å². The minimum Gasteiger partial charge on any atom is -0.378 e. The van der Waals surface area contributed by atoms with Crippen molar-refractivity contribution in [3.05, 3.63) is 59.7 Å². The minimum atomic E-state index is -0.315. The molecule has 0 radical (unpaired) electrons. The number of hydrogen-bond acceptors (Lipinski definition) is 5. The maximum Gasteiger partial charge on any atom is 0.251 e. The van der Waals surface area contributed by atoms with Crippen LogP contribution in [0.25, 0.3) is 0 Å². The van der Waals surface area contributed by atoms with Crippen LogP contribution >= 0.6 is 0 Å². The van der Waals surface area contributed by atoms with Gasteiger partial charge >= 0.3 is 0 Å². The van der Waals surface area contributed by atoms with Crippen molar-refractivity contribution in [3.63, 3.8) is 0 Å². The Bertz CT molecular complexity index is 1000. The van der Waals surface area contributed by atoms with Gasteiger partial charge in [-0.05, 0) is 42.3 Å². The highest BCUT2D eigenvalue weighted by molar-refractivity contribution is 5.98. The Hall–Kier alpha value is -3.39. The van der Waals surface area contributed by atoms with Crippen LogP contribution in [0.15, 0.2) is 48.5 Å². The van der Waals surface area contributed by atoms with Crippen LogP contribution in [0.3, 0.4) is 0 Å². The Kier molecular flexibility index (Phi) is 7.24. The summed E-state index contributed by atoms with van der Waals surface area (Å²) < 4.78 is 5.44. The first-order valence-corrected chi connectivity index (χ1v) is 11.4. The first-order chi connectivity index (χ1) is 16.0. The van der Waals surface area contributed by atoms with Gasteiger partial charge in [-0.15, -0.1) is 0 Å². The third-order valence-electron chi connectivity index (χ3n) is 6.09. The first kappa shape index (κ1) is 22.8. The number of likely N-dealkylation sites (N-methyl/N-ethyl adjacent to an activating group) is 1. The lowest BCUT2D eigenvalue weighted by Gasteiger charge is -2.31. The Balaban J connectivity index is 1.31. The molecule has 4 rings (SSSR count). The van der Waals surface area contributed by atoms with Gasteiger partial charge in [-0.2, -0.15) is 0 Å². The van der Waals surface area contributed by atoms with E-state index in [9.17, 15) is 14.4 Å². The van der Waals surface area contributed by atoms with Crippen molar-refractivity contribution in [3.8, 4) is 0 Å². The lowest BCUT2D eigenvalue weighted by atomic mass is 10.1. The molecule has 0 unspecified atom stereocenters. The number of ether oxygens (including phenoxy) is 1. The van der Waals surface area contributed by atoms with E-state index in [-0.39, 0.29) is 24.3 Å². The van der Waals surface area contributed by atoms with Crippen molar-refractivity contribution in [2.45, 2.75) is 19.4 Å². The molecule has 2 aromatic rings. The lowest BCUT2D eigenvalue weighted by molar-refractivity contribution is -0.129. The number of para-hydroxylation sites is 1. The fourth-order valence-corrected chi connectivity index (χ4v) is 4.21. The van der Waals surface area contributed by atoms with Gasteiger partial charge in [-0.3, -0.25) is 14.4 Å². The summed E-state index contributed by atoms with van der Waals surface area (Å²) in [6, 6.07) is 15.0. The summed E-state index contributed by atoms with van der Waals surface area (Å²) in [5, 5.41) is 2.70. The zero-order chi connectivity index (χ0) is 23.2. The van der Waals surface area contributed by atoms with E-state index in [0.717, 1.165) is 36.4 Å². The molecule has 0 aliphatic carbocycles. The number of nitrogens with zero attached hydrogens (tertiary/aromatic N) is 3. The lowest BCUT2D eigenvalue weighted by Crippen LogP contribution is -2.39. The van der Waals surface area contributed by atoms with E-state index in [4.69, 9.17) is 4.74 Å². The van der Waals surface area contributed by atoms with Crippen molar-refractivity contribution >= 4 is 29.1 Å². The van der Waals surface area contributed by atoms with Crippen molar-refractivity contribution in [1.29, 1.82) is 0 Å². The largest absolute Gasteiger partial charge is 0.378 e. The maximum absolute atomic E-state index is 12.7. The highest BCUT2D eigenvalue weighted by atomic mass is 16.5. The summed E-state index contributed by atoms with van der Waals surface area (Å²) >= 11 is 0. The van der Waals surface area contributed by atoms with Crippen LogP contribution in [0.1, 0.15) is 28.8 Å². The number of carbonyl (C=O) groups excluding carboxylic acids is 3. The number of anilines is 2. The standard InChI is InChI=1S/C25H30N4O4/c1-27(18-20-5-2-3-6-22(20)28-13-15-33-16-14-28)24(31)17-26-25(32)19-8-10-21(11-9-19)29-12-4-7-23(29)30/h2-3,5-6,8-11H,4,7,12-18H2,1H3,(H,26,32). The van der Waals surface area contributed by atoms with Gasteiger partial charge in [-0.1, -0.05) is 18.2 Å². The van der Waals surface area contributed by atoms with Crippen molar-refractivity contribution in [2.24, 2.45) is 0 Å². The van der Waals surface area contributed by atoms with Crippen LogP contribution in [-0.4, -0.2) is 69.1 Å². The highest BCUT2D eigenvalue weighted by Gasteiger charge is 2.22. The van der Waals surface area contributed by atoms with Crippen LogP contribution in [-0.2, 0) is 20.9 Å². The van der Waals surface area contributed by atoms with Gasteiger partial charge in [0, 0.05) is 56.6 Å². The number of hydrogen-bond donors (Lipinski definition) is 1. The van der Waals surface area contributed by atoms with Gasteiger partial charge < -0.3 is 24.8 Å². The normalized spacial score (nSPS) is 16.1. The number of amides is 3. The Morgan fingerprint density at radius 1 is 1.03 bits per heavy atom. The smallest absolute Gasteiger partial charge is 0.251 e. The van der Waals surface area contributed by atoms with Gasteiger partial charge in [0.15, 0.2) is 0 Å². The van der Waals surface area contributed by atoms with Gasteiger partial charge in [0.2, 0.25) is 11.8 Å². The third kappa shape index (κ3) is 5.51. The summed E-state index contributed by atoms with van der Waals surface area (Å²) in [6.07, 6.45) is 1.42. The SMILES string of the molecule is CN(Cc1ccccc1N1CCOCC1)C(=O)CNC(=O)c1ccc(N2CCCC2=O)cc1. The van der Waals surface area contributed by atoms with Gasteiger partial charge in [0.25, 0.3) is 5.91 Å². The molecule has 2 aromatic carbocycles. The summed E-state index contributed by atoms with van der Waals surface area (Å²) in [4.78, 5) is 42.7. The fourth-order valence-electron chi connectivity index (χ4n) is 4.21. The van der Waals surface area contributed by atoms with Crippen LogP contribution < -0.4 is 15.1 Å². The second kappa shape index (κ2) is 10.5. The zero-order valence-corrected chi connectivity index (χ0v) is 19.0. The van der Waals surface area contributed by atoms with E-state index < -0.39 is 0 Å². The second-order valence-corrected chi connectivity index (χ2v) is 8.36. The predicted octanol–water partition coefficient (Wildman–Crippen LogP) is 2.04. The number of rotatable bonds is 7. The number of nitrogens with one attached hydrogen (secondary N) is 1. The molecule has 2 heterocycles. The first-order valence-electron chi connectivity index (χ1n) is 11.4. The van der Waals surface area contributed by atoms with E-state index in [2.05, 4.69) is 16.3 Å². The molecule has 0 atom stereocenters. The molecule has 2 saturated heterocycles. The molecule has 2 aliphatic rings. The molecule has 0 spiro atoms. The molecular formula is C25H30N4O4. The van der Waals surface area contributed by atoms with E-state index in [1.54, 1.807) is 41.1 Å². The minimum absolute atomic E-state index is 0.0819. The predicted molar refractivity (Wildman–Crippen MR) is 126 cm³/mol. The Labute approximate surface area is 194 Å². The van der Waals surface area contributed by atoms with Gasteiger partial charge in [0.05, 0.1) is 19.8 Å². The highest BCUT2D eigenvalue weighted by Crippen LogP contribution is 2.23. The van der Waals surface area contributed by atoms with Crippen LogP contribution in [0.4, 0.5) is 11.4 Å². The summed E-state index contributed by atoms with van der Waals surface area (Å²) in [5.74, 6) is -0.375. The van der Waals surface area contributed by atoms with Crippen LogP contribution in [0.2, 0.25) is 0 Å². The Morgan fingerprint density at radius 2 is 1.76 bits per heavy atom. The fraction of sp³-hybridized carbons (Fsp3) is 0.400. The molecule has 0 aromatic heterocycles. The Morgan fingerprint density at radius 3 is 2.45 bits per heavy atom. The van der Waals surface area contributed by atoms with Crippen LogP contribution in [0, 0.1) is 0 Å². The topological polar surface area (TPSA) is 82.2 Å². The molecule has 8 heteroatoms. The third-order valence-corrected chi connectivity index (χ3v) is 6.09. The van der Waals surface area contributed by atoms with Gasteiger partial charge in [0.1, 0.15) is 0 Å². The number of carbonyl (C=O) groups is 3. The molecule has 33 heavy (non-hydrogen) atoms. The second-order valence-electron chi connectivity index (χ2n) is 8.36.